The second-order valence-corrected chi connectivity index (χ2v) is 23.8. The third-order valence-electron chi connectivity index (χ3n) is 9.60. The van der Waals surface area contributed by atoms with E-state index in [9.17, 15) is 20.4 Å². The van der Waals surface area contributed by atoms with Crippen molar-refractivity contribution in [2.45, 2.75) is 152 Å². The second-order valence-electron chi connectivity index (χ2n) is 18.2. The summed E-state index contributed by atoms with van der Waals surface area (Å²) in [5.41, 5.74) is 6.39. The maximum atomic E-state index is 11.3. The molecule has 0 spiro atoms. The summed E-state index contributed by atoms with van der Waals surface area (Å²) in [7, 11) is -2.46. The summed E-state index contributed by atoms with van der Waals surface area (Å²) in [6, 6.07) is 16.6. The van der Waals surface area contributed by atoms with E-state index in [1.165, 1.54) is 19.6 Å². The number of rotatable bonds is 5. The predicted molar refractivity (Wildman–Crippen MR) is 217 cm³/mol. The first kappa shape index (κ1) is 39.6. The quantitative estimate of drug-likeness (QED) is 0.0917. The van der Waals surface area contributed by atoms with Crippen molar-refractivity contribution in [2.24, 2.45) is 0 Å². The van der Waals surface area contributed by atoms with Crippen molar-refractivity contribution in [1.82, 2.24) is 0 Å². The first-order valence-corrected chi connectivity index (χ1v) is 21.0. The molecule has 0 saturated heterocycles. The molecule has 4 aromatic carbocycles. The summed E-state index contributed by atoms with van der Waals surface area (Å²) >= 11 is 0. The smallest absolute Gasteiger partial charge is 0.119 e. The molecule has 4 aromatic rings. The Kier molecular flexibility index (Phi) is 10.6. The Morgan fingerprint density at radius 3 is 0.620 bits per heavy atom. The van der Waals surface area contributed by atoms with E-state index in [2.05, 4.69) is 135 Å². The molecule has 0 aliphatic heterocycles. The van der Waals surface area contributed by atoms with Crippen LogP contribution in [0.1, 0.15) is 128 Å². The monoisotopic (exact) mass is 718 g/mol. The van der Waals surface area contributed by atoms with Crippen molar-refractivity contribution >= 4 is 19.9 Å². The van der Waals surface area contributed by atoms with Gasteiger partial charge in [0.15, 0.2) is 0 Å². The third kappa shape index (κ3) is 7.82. The normalized spacial score (nSPS) is 13.4. The van der Waals surface area contributed by atoms with E-state index in [0.29, 0.717) is 23.0 Å². The molecule has 0 fully saturated rings. The Balaban J connectivity index is 2.35. The largest absolute Gasteiger partial charge is 0.508 e. The van der Waals surface area contributed by atoms with Crippen LogP contribution in [-0.2, 0) is 21.7 Å². The Morgan fingerprint density at radius 2 is 0.480 bits per heavy atom. The predicted octanol–water partition coefficient (Wildman–Crippen LogP) is 12.4. The molecule has 6 heteroatoms. The lowest BCUT2D eigenvalue weighted by molar-refractivity contribution is 0.444. The van der Waals surface area contributed by atoms with Crippen LogP contribution in [0, 0.1) is 27.7 Å². The maximum absolute atomic E-state index is 11.3. The van der Waals surface area contributed by atoms with Crippen molar-refractivity contribution in [3.8, 4) is 23.0 Å². The van der Waals surface area contributed by atoms with E-state index >= 15 is 0 Å². The third-order valence-corrected chi connectivity index (χ3v) is 17.5. The number of hydrogen-bond donors (Lipinski definition) is 6. The van der Waals surface area contributed by atoms with Crippen LogP contribution in [-0.4, -0.2) is 20.4 Å². The van der Waals surface area contributed by atoms with E-state index in [1.54, 1.807) is 0 Å². The van der Waals surface area contributed by atoms with Crippen molar-refractivity contribution < 1.29 is 20.4 Å². The first-order valence-electron chi connectivity index (χ1n) is 17.6. The van der Waals surface area contributed by atoms with E-state index in [4.69, 9.17) is 0 Å². The Morgan fingerprint density at radius 1 is 0.320 bits per heavy atom. The molecule has 274 valence electrons. The molecule has 4 N–H and O–H groups in total. The van der Waals surface area contributed by atoms with Crippen LogP contribution in [0.2, 0.25) is 0 Å². The van der Waals surface area contributed by atoms with Gasteiger partial charge in [-0.2, -0.15) is 19.9 Å². The topological polar surface area (TPSA) is 80.9 Å². The van der Waals surface area contributed by atoms with Crippen molar-refractivity contribution in [2.75, 3.05) is 0 Å². The van der Waals surface area contributed by atoms with Gasteiger partial charge < -0.3 is 20.4 Å². The molecule has 0 bridgehead atoms. The molecule has 0 heterocycles. The van der Waals surface area contributed by atoms with Gasteiger partial charge in [0.05, 0.1) is 0 Å². The highest BCUT2D eigenvalue weighted by molar-refractivity contribution is 8.93. The van der Waals surface area contributed by atoms with Crippen LogP contribution in [0.4, 0.5) is 0 Å². The lowest BCUT2D eigenvalue weighted by atomic mass is 9.86. The summed E-state index contributed by atoms with van der Waals surface area (Å²) in [4.78, 5) is 4.71. The van der Waals surface area contributed by atoms with Gasteiger partial charge in [0.1, 0.15) is 23.0 Å². The molecule has 50 heavy (non-hydrogen) atoms. The molecule has 0 aliphatic rings. The van der Waals surface area contributed by atoms with Gasteiger partial charge >= 0.3 is 0 Å². The molecule has 0 saturated carbocycles. The van der Waals surface area contributed by atoms with Gasteiger partial charge in [0.25, 0.3) is 0 Å². The van der Waals surface area contributed by atoms with Crippen molar-refractivity contribution in [3.05, 3.63) is 93.0 Å². The van der Waals surface area contributed by atoms with E-state index in [1.807, 2.05) is 24.3 Å². The number of benzene rings is 4. The van der Waals surface area contributed by atoms with E-state index < -0.39 is 19.9 Å². The highest BCUT2D eigenvalue weighted by atomic mass is 33.2. The van der Waals surface area contributed by atoms with E-state index in [-0.39, 0.29) is 21.7 Å². The number of hydrogen-bond acceptors (Lipinski definition) is 4. The number of aromatic hydroxyl groups is 4. The summed E-state index contributed by atoms with van der Waals surface area (Å²) < 4.78 is 0. The maximum Gasteiger partial charge on any atom is 0.119 e. The second kappa shape index (κ2) is 13.4. The number of phenolic OH excluding ortho intramolecular Hbond substituents is 4. The molecular formula is C44H62O4S2. The van der Waals surface area contributed by atoms with Crippen LogP contribution >= 0.6 is 19.9 Å². The molecule has 0 amide bonds. The average Bonchev–Trinajstić information content (AvgIpc) is 2.91. The highest BCUT2D eigenvalue weighted by Gasteiger charge is 2.33. The molecule has 0 aliphatic carbocycles. The van der Waals surface area contributed by atoms with Gasteiger partial charge in [-0.3, -0.25) is 0 Å². The fraction of sp³-hybridized carbons (Fsp3) is 0.455. The lowest BCUT2D eigenvalue weighted by Crippen LogP contribution is -2.14. The minimum atomic E-state index is -1.23. The summed E-state index contributed by atoms with van der Waals surface area (Å²) in [5.74, 6) is 1.18. The zero-order valence-electron chi connectivity index (χ0n) is 33.3. The highest BCUT2D eigenvalue weighted by Crippen LogP contribution is 2.74. The molecule has 4 nitrogen and oxygen atoms in total. The number of phenols is 4. The standard InChI is InChI=1S/C44H62O4S2/c1-25-17-33(45)29(41(5,6)7)21-37(25)49(38-22-30(42(8,9)10)34(46)18-26(38)2)50(39-23-31(43(11,12)13)35(47)19-27(39)3)40-24-32(44(14,15)16)36(48)20-28(40)4/h17-24,45-50H,1-16H3. The van der Waals surface area contributed by atoms with Crippen LogP contribution in [0.15, 0.2) is 68.1 Å². The van der Waals surface area contributed by atoms with Crippen LogP contribution < -0.4 is 0 Å². The lowest BCUT2D eigenvalue weighted by Gasteiger charge is -2.42. The van der Waals surface area contributed by atoms with Gasteiger partial charge in [-0.1, -0.05) is 83.1 Å². The molecule has 0 atom stereocenters. The average molecular weight is 719 g/mol. The fourth-order valence-corrected chi connectivity index (χ4v) is 15.9. The Bertz CT molecular complexity index is 1650. The van der Waals surface area contributed by atoms with Gasteiger partial charge in [0.2, 0.25) is 0 Å². The van der Waals surface area contributed by atoms with E-state index in [0.717, 1.165) is 44.5 Å². The van der Waals surface area contributed by atoms with Crippen LogP contribution in [0.25, 0.3) is 0 Å². The first-order chi connectivity index (χ1) is 22.6. The molecule has 4 rings (SSSR count). The summed E-state index contributed by atoms with van der Waals surface area (Å²) in [6.07, 6.45) is 0. The minimum Gasteiger partial charge on any atom is -0.508 e. The number of aryl methyl sites for hydroxylation is 4. The minimum absolute atomic E-state index is 0.294. The molecule has 0 radical (unpaired) electrons. The fourth-order valence-electron chi connectivity index (χ4n) is 6.73. The van der Waals surface area contributed by atoms with Gasteiger partial charge in [-0.05, 0) is 120 Å². The Labute approximate surface area is 307 Å². The van der Waals surface area contributed by atoms with Crippen molar-refractivity contribution in [3.63, 3.8) is 0 Å². The van der Waals surface area contributed by atoms with Crippen molar-refractivity contribution in [1.29, 1.82) is 0 Å². The zero-order chi connectivity index (χ0) is 38.0. The number of thiol groups is 2. The SMILES string of the molecule is Cc1cc(O)c(C(C)(C)C)cc1[SH](c1cc(C(C)(C)C)c(O)cc1C)[SH](c1cc(C(C)(C)C)c(O)cc1C)c1cc(C(C)(C)C)c(O)cc1C. The molecular weight excluding hydrogens is 657 g/mol. The summed E-state index contributed by atoms with van der Waals surface area (Å²) in [5, 5.41) is 45.4. The molecule has 0 unspecified atom stereocenters. The zero-order valence-corrected chi connectivity index (χ0v) is 35.1. The van der Waals surface area contributed by atoms with Gasteiger partial charge in [-0.15, -0.1) is 0 Å². The van der Waals surface area contributed by atoms with Crippen LogP contribution in [0.3, 0.4) is 0 Å². The Hall–Kier alpha value is -3.22. The van der Waals surface area contributed by atoms with Gasteiger partial charge in [0, 0.05) is 41.8 Å². The summed E-state index contributed by atoms with van der Waals surface area (Å²) in [6.45, 7) is 34.0. The molecule has 0 aromatic heterocycles. The van der Waals surface area contributed by atoms with Gasteiger partial charge in [-0.25, -0.2) is 0 Å². The van der Waals surface area contributed by atoms with Crippen LogP contribution in [0.5, 0.6) is 23.0 Å².